The molecule has 6 heteroatoms. The number of hydrogen-bond acceptors (Lipinski definition) is 3. The number of halogens is 3. The van der Waals surface area contributed by atoms with Crippen LogP contribution in [-0.2, 0) is 0 Å². The minimum atomic E-state index is -0.0414. The Bertz CT molecular complexity index is 510. The standard InChI is InChI=1S/C13H13Cl2NOS.ClH/c1-8-9(2)18-7-16(8)6-12(17)13-10(14)4-3-5-11(13)15;/h3-5H,6-7H2,1-2H3;1H. The second-order valence-electron chi connectivity index (χ2n) is 4.13. The average molecular weight is 339 g/mol. The molecule has 1 aliphatic heterocycles. The van der Waals surface area contributed by atoms with E-state index in [1.807, 2.05) is 11.8 Å². The monoisotopic (exact) mass is 337 g/mol. The van der Waals surface area contributed by atoms with E-state index < -0.39 is 0 Å². The van der Waals surface area contributed by atoms with Gasteiger partial charge in [0.1, 0.15) is 0 Å². The van der Waals surface area contributed by atoms with E-state index in [0.717, 1.165) is 11.6 Å². The molecule has 0 saturated heterocycles. The van der Waals surface area contributed by atoms with E-state index in [9.17, 15) is 4.79 Å². The van der Waals surface area contributed by atoms with Gasteiger partial charge in [0.2, 0.25) is 0 Å². The quantitative estimate of drug-likeness (QED) is 0.734. The van der Waals surface area contributed by atoms with Gasteiger partial charge in [0.25, 0.3) is 0 Å². The number of carbonyl (C=O) groups excluding carboxylic acids is 1. The molecule has 1 aromatic rings. The first-order chi connectivity index (χ1) is 8.50. The van der Waals surface area contributed by atoms with Gasteiger partial charge in [0.05, 0.1) is 28.0 Å². The van der Waals surface area contributed by atoms with Crippen molar-refractivity contribution in [1.82, 2.24) is 4.90 Å². The molecule has 0 spiro atoms. The lowest BCUT2D eigenvalue weighted by molar-refractivity contribution is 0.0959. The Labute approximate surface area is 133 Å². The molecule has 1 heterocycles. The van der Waals surface area contributed by atoms with Gasteiger partial charge in [-0.3, -0.25) is 4.79 Å². The van der Waals surface area contributed by atoms with Crippen molar-refractivity contribution in [2.24, 2.45) is 0 Å². The Morgan fingerprint density at radius 2 is 1.89 bits per heavy atom. The highest BCUT2D eigenvalue weighted by Crippen LogP contribution is 2.32. The van der Waals surface area contributed by atoms with E-state index in [0.29, 0.717) is 22.2 Å². The SMILES string of the molecule is CC1=C(C)N(CC(=O)c2c(Cl)cccc2Cl)CS1.Cl. The maximum absolute atomic E-state index is 12.3. The number of benzene rings is 1. The predicted molar refractivity (Wildman–Crippen MR) is 85.6 cm³/mol. The summed E-state index contributed by atoms with van der Waals surface area (Å²) in [4.78, 5) is 15.6. The molecular formula is C13H14Cl3NOS. The lowest BCUT2D eigenvalue weighted by Crippen LogP contribution is -2.26. The van der Waals surface area contributed by atoms with Crippen molar-refractivity contribution in [2.75, 3.05) is 12.4 Å². The van der Waals surface area contributed by atoms with Crippen LogP contribution in [0, 0.1) is 0 Å². The summed E-state index contributed by atoms with van der Waals surface area (Å²) in [6, 6.07) is 5.11. The van der Waals surface area contributed by atoms with Crippen LogP contribution in [0.25, 0.3) is 0 Å². The van der Waals surface area contributed by atoms with Crippen LogP contribution >= 0.6 is 47.4 Å². The van der Waals surface area contributed by atoms with Crippen LogP contribution in [-0.4, -0.2) is 23.1 Å². The van der Waals surface area contributed by atoms with Crippen LogP contribution in [0.15, 0.2) is 28.8 Å². The van der Waals surface area contributed by atoms with Gasteiger partial charge in [0, 0.05) is 10.6 Å². The molecule has 104 valence electrons. The van der Waals surface area contributed by atoms with Gasteiger partial charge >= 0.3 is 0 Å². The van der Waals surface area contributed by atoms with Crippen molar-refractivity contribution in [3.05, 3.63) is 44.4 Å². The first-order valence-electron chi connectivity index (χ1n) is 5.53. The third-order valence-electron chi connectivity index (χ3n) is 3.00. The average Bonchev–Trinajstić information content (AvgIpc) is 2.61. The number of allylic oxidation sites excluding steroid dienone is 2. The maximum atomic E-state index is 12.3. The second kappa shape index (κ2) is 6.89. The molecule has 19 heavy (non-hydrogen) atoms. The summed E-state index contributed by atoms with van der Waals surface area (Å²) in [6.07, 6.45) is 0. The molecule has 0 bridgehead atoms. The van der Waals surface area contributed by atoms with Gasteiger partial charge in [0.15, 0.2) is 5.78 Å². The van der Waals surface area contributed by atoms with Crippen LogP contribution in [0.2, 0.25) is 10.0 Å². The largest absolute Gasteiger partial charge is 0.357 e. The van der Waals surface area contributed by atoms with Crippen molar-refractivity contribution in [3.63, 3.8) is 0 Å². The Balaban J connectivity index is 0.00000180. The molecule has 1 aromatic carbocycles. The van der Waals surface area contributed by atoms with Crippen LogP contribution in [0.4, 0.5) is 0 Å². The van der Waals surface area contributed by atoms with Crippen LogP contribution in [0.5, 0.6) is 0 Å². The third-order valence-corrected chi connectivity index (χ3v) is 4.80. The van der Waals surface area contributed by atoms with Crippen molar-refractivity contribution in [3.8, 4) is 0 Å². The minimum absolute atomic E-state index is 0. The summed E-state index contributed by atoms with van der Waals surface area (Å²) >= 11 is 13.8. The maximum Gasteiger partial charge on any atom is 0.185 e. The zero-order chi connectivity index (χ0) is 13.3. The van der Waals surface area contributed by atoms with Crippen LogP contribution in [0.3, 0.4) is 0 Å². The smallest absolute Gasteiger partial charge is 0.185 e. The molecular weight excluding hydrogens is 325 g/mol. The molecule has 0 unspecified atom stereocenters. The van der Waals surface area contributed by atoms with Crippen molar-refractivity contribution in [2.45, 2.75) is 13.8 Å². The highest BCUT2D eigenvalue weighted by atomic mass is 35.5. The van der Waals surface area contributed by atoms with E-state index in [4.69, 9.17) is 23.2 Å². The first-order valence-corrected chi connectivity index (χ1v) is 7.27. The highest BCUT2D eigenvalue weighted by molar-refractivity contribution is 8.03. The van der Waals surface area contributed by atoms with Gasteiger partial charge in [-0.25, -0.2) is 0 Å². The molecule has 0 radical (unpaired) electrons. The van der Waals surface area contributed by atoms with Crippen molar-refractivity contribution in [1.29, 1.82) is 0 Å². The molecule has 0 N–H and O–H groups in total. The normalized spacial score (nSPS) is 14.6. The number of nitrogens with zero attached hydrogens (tertiary/aromatic N) is 1. The Morgan fingerprint density at radius 3 is 2.37 bits per heavy atom. The van der Waals surface area contributed by atoms with E-state index in [1.165, 1.54) is 4.91 Å². The molecule has 1 aliphatic rings. The van der Waals surface area contributed by atoms with Gasteiger partial charge in [-0.1, -0.05) is 29.3 Å². The fourth-order valence-corrected chi connectivity index (χ4v) is 3.36. The van der Waals surface area contributed by atoms with Crippen molar-refractivity contribution < 1.29 is 4.79 Å². The summed E-state index contributed by atoms with van der Waals surface area (Å²) in [5.41, 5.74) is 1.57. The Morgan fingerprint density at radius 1 is 1.32 bits per heavy atom. The van der Waals surface area contributed by atoms with Crippen LogP contribution < -0.4 is 0 Å². The Kier molecular flexibility index (Phi) is 6.06. The molecule has 2 nitrogen and oxygen atoms in total. The minimum Gasteiger partial charge on any atom is -0.357 e. The summed E-state index contributed by atoms with van der Waals surface area (Å²) in [6.45, 7) is 4.41. The molecule has 0 saturated carbocycles. The van der Waals surface area contributed by atoms with Crippen molar-refractivity contribution >= 4 is 53.2 Å². The molecule has 0 aromatic heterocycles. The second-order valence-corrected chi connectivity index (χ2v) is 6.11. The Hall–Kier alpha value is -0.350. The molecule has 0 amide bonds. The lowest BCUT2D eigenvalue weighted by atomic mass is 10.1. The fourth-order valence-electron chi connectivity index (χ4n) is 1.78. The van der Waals surface area contributed by atoms with Gasteiger partial charge < -0.3 is 4.90 Å². The molecule has 0 aliphatic carbocycles. The van der Waals surface area contributed by atoms with Crippen LogP contribution in [0.1, 0.15) is 24.2 Å². The zero-order valence-electron chi connectivity index (χ0n) is 10.6. The zero-order valence-corrected chi connectivity index (χ0v) is 13.7. The topological polar surface area (TPSA) is 20.3 Å². The number of hydrogen-bond donors (Lipinski definition) is 0. The number of thioether (sulfide) groups is 1. The molecule has 0 atom stereocenters. The number of Topliss-reactive ketones (excluding diaryl/α,β-unsaturated/α-hetero) is 1. The van der Waals surface area contributed by atoms with Gasteiger partial charge in [-0.2, -0.15) is 0 Å². The van der Waals surface area contributed by atoms with E-state index in [1.54, 1.807) is 30.0 Å². The summed E-state index contributed by atoms with van der Waals surface area (Å²) in [7, 11) is 0. The first kappa shape index (κ1) is 16.7. The van der Waals surface area contributed by atoms with Gasteiger partial charge in [-0.05, 0) is 26.0 Å². The summed E-state index contributed by atoms with van der Waals surface area (Å²) < 4.78 is 0. The van der Waals surface area contributed by atoms with E-state index in [-0.39, 0.29) is 18.2 Å². The molecule has 2 rings (SSSR count). The number of rotatable bonds is 3. The number of carbonyl (C=O) groups is 1. The predicted octanol–water partition coefficient (Wildman–Crippen LogP) is 4.86. The van der Waals surface area contributed by atoms with E-state index in [2.05, 4.69) is 6.92 Å². The summed E-state index contributed by atoms with van der Waals surface area (Å²) in [5.74, 6) is 0.770. The van der Waals surface area contributed by atoms with E-state index >= 15 is 0 Å². The number of ketones is 1. The van der Waals surface area contributed by atoms with Gasteiger partial charge in [-0.15, -0.1) is 24.2 Å². The molecule has 0 fully saturated rings. The summed E-state index contributed by atoms with van der Waals surface area (Å²) in [5, 5.41) is 0.829. The lowest BCUT2D eigenvalue weighted by Gasteiger charge is -2.18. The highest BCUT2D eigenvalue weighted by Gasteiger charge is 2.22. The third kappa shape index (κ3) is 3.60. The fraction of sp³-hybridized carbons (Fsp3) is 0.308.